The van der Waals surface area contributed by atoms with E-state index in [2.05, 4.69) is 40.3 Å². The van der Waals surface area contributed by atoms with E-state index in [9.17, 15) is 4.79 Å². The van der Waals surface area contributed by atoms with Crippen molar-refractivity contribution in [3.8, 4) is 22.4 Å². The van der Waals surface area contributed by atoms with Gasteiger partial charge in [0.15, 0.2) is 0 Å². The summed E-state index contributed by atoms with van der Waals surface area (Å²) in [6, 6.07) is 20.3. The number of hydrogen-bond donors (Lipinski definition) is 2. The molecule has 0 aliphatic carbocycles. The Hall–Kier alpha value is -3.40. The number of hydrogen-bond acceptors (Lipinski definition) is 2. The fraction of sp³-hybridized carbons (Fsp3) is 0.0476. The zero-order valence-corrected chi connectivity index (χ0v) is 13.8. The number of amides is 1. The molecule has 4 nitrogen and oxygen atoms in total. The summed E-state index contributed by atoms with van der Waals surface area (Å²) in [6.45, 7) is 1.85. The second kappa shape index (κ2) is 5.91. The van der Waals surface area contributed by atoms with Gasteiger partial charge in [0.25, 0.3) is 5.91 Å². The standard InChI is InChI=1S/C21H17N3O/c1-13-18(21(22)25)12-20(24-13)15-6-4-14(5-7-15)16-8-9-19-17(11-16)3-2-10-23-19/h2-12,24H,1H3,(H2,22,25). The minimum Gasteiger partial charge on any atom is -0.366 e. The summed E-state index contributed by atoms with van der Waals surface area (Å²) in [5.74, 6) is -0.415. The fourth-order valence-electron chi connectivity index (χ4n) is 3.07. The Balaban J connectivity index is 1.69. The zero-order chi connectivity index (χ0) is 17.4. The van der Waals surface area contributed by atoms with Gasteiger partial charge in [-0.2, -0.15) is 0 Å². The van der Waals surface area contributed by atoms with Crippen molar-refractivity contribution in [3.63, 3.8) is 0 Å². The maximum absolute atomic E-state index is 11.4. The van der Waals surface area contributed by atoms with E-state index in [4.69, 9.17) is 5.73 Å². The number of carbonyl (C=O) groups excluding carboxylic acids is 1. The predicted octanol–water partition coefficient (Wildman–Crippen LogP) is 4.30. The Labute approximate surface area is 145 Å². The number of rotatable bonds is 3. The Morgan fingerprint density at radius 3 is 2.40 bits per heavy atom. The van der Waals surface area contributed by atoms with Crippen LogP contribution in [0.5, 0.6) is 0 Å². The SMILES string of the molecule is Cc1[nH]c(-c2ccc(-c3ccc4ncccc4c3)cc2)cc1C(N)=O. The van der Waals surface area contributed by atoms with Gasteiger partial charge in [-0.05, 0) is 47.9 Å². The molecular weight excluding hydrogens is 310 g/mol. The first-order valence-corrected chi connectivity index (χ1v) is 8.07. The summed E-state index contributed by atoms with van der Waals surface area (Å²) in [7, 11) is 0. The molecule has 4 aromatic rings. The molecule has 4 rings (SSSR count). The van der Waals surface area contributed by atoms with Crippen LogP contribution in [0.2, 0.25) is 0 Å². The first-order valence-electron chi connectivity index (χ1n) is 8.07. The highest BCUT2D eigenvalue weighted by atomic mass is 16.1. The molecule has 0 atom stereocenters. The molecule has 2 aromatic heterocycles. The first kappa shape index (κ1) is 15.1. The Morgan fingerprint density at radius 2 is 1.68 bits per heavy atom. The topological polar surface area (TPSA) is 71.8 Å². The molecule has 1 amide bonds. The molecule has 0 spiro atoms. The lowest BCUT2D eigenvalue weighted by atomic mass is 10.0. The van der Waals surface area contributed by atoms with Gasteiger partial charge in [-0.1, -0.05) is 36.4 Å². The number of fused-ring (bicyclic) bond motifs is 1. The molecule has 0 aliphatic rings. The number of aromatic nitrogens is 2. The number of H-pyrrole nitrogens is 1. The molecule has 0 bridgehead atoms. The van der Waals surface area contributed by atoms with E-state index in [1.807, 2.05) is 31.2 Å². The van der Waals surface area contributed by atoms with Crippen molar-refractivity contribution in [1.29, 1.82) is 0 Å². The lowest BCUT2D eigenvalue weighted by Gasteiger charge is -2.05. The molecule has 0 aliphatic heterocycles. The molecule has 2 heterocycles. The van der Waals surface area contributed by atoms with Crippen LogP contribution in [-0.2, 0) is 0 Å². The fourth-order valence-corrected chi connectivity index (χ4v) is 3.07. The predicted molar refractivity (Wildman–Crippen MR) is 100 cm³/mol. The molecule has 0 saturated heterocycles. The van der Waals surface area contributed by atoms with Crippen LogP contribution in [0.3, 0.4) is 0 Å². The molecule has 122 valence electrons. The maximum Gasteiger partial charge on any atom is 0.250 e. The van der Waals surface area contributed by atoms with Gasteiger partial charge in [0, 0.05) is 23.0 Å². The third kappa shape index (κ3) is 2.78. The smallest absolute Gasteiger partial charge is 0.250 e. The van der Waals surface area contributed by atoms with Crippen LogP contribution in [0.15, 0.2) is 66.9 Å². The number of nitrogens with zero attached hydrogens (tertiary/aromatic N) is 1. The number of aryl methyl sites for hydroxylation is 1. The van der Waals surface area contributed by atoms with Gasteiger partial charge >= 0.3 is 0 Å². The Kier molecular flexibility index (Phi) is 3.58. The highest BCUT2D eigenvalue weighted by molar-refractivity contribution is 5.95. The Morgan fingerprint density at radius 1 is 0.960 bits per heavy atom. The van der Waals surface area contributed by atoms with Crippen LogP contribution in [-0.4, -0.2) is 15.9 Å². The van der Waals surface area contributed by atoms with Crippen molar-refractivity contribution in [2.75, 3.05) is 0 Å². The number of nitrogens with one attached hydrogen (secondary N) is 1. The van der Waals surface area contributed by atoms with Crippen LogP contribution < -0.4 is 5.73 Å². The number of aromatic amines is 1. The van der Waals surface area contributed by atoms with Crippen LogP contribution in [0, 0.1) is 6.92 Å². The highest BCUT2D eigenvalue weighted by Gasteiger charge is 2.10. The zero-order valence-electron chi connectivity index (χ0n) is 13.8. The summed E-state index contributed by atoms with van der Waals surface area (Å²) in [4.78, 5) is 19.0. The van der Waals surface area contributed by atoms with E-state index in [1.165, 1.54) is 0 Å². The maximum atomic E-state index is 11.4. The van der Waals surface area contributed by atoms with Crippen molar-refractivity contribution in [2.24, 2.45) is 5.73 Å². The lowest BCUT2D eigenvalue weighted by Crippen LogP contribution is -2.10. The third-order valence-corrected chi connectivity index (χ3v) is 4.41. The van der Waals surface area contributed by atoms with Crippen LogP contribution >= 0.6 is 0 Å². The summed E-state index contributed by atoms with van der Waals surface area (Å²) in [5.41, 5.74) is 11.9. The van der Waals surface area contributed by atoms with Gasteiger partial charge in [0.05, 0.1) is 11.1 Å². The first-order chi connectivity index (χ1) is 12.1. The normalized spacial score (nSPS) is 10.9. The van der Waals surface area contributed by atoms with Crippen molar-refractivity contribution in [1.82, 2.24) is 9.97 Å². The Bertz CT molecular complexity index is 1080. The third-order valence-electron chi connectivity index (χ3n) is 4.41. The van der Waals surface area contributed by atoms with E-state index in [-0.39, 0.29) is 0 Å². The van der Waals surface area contributed by atoms with Crippen LogP contribution in [0.4, 0.5) is 0 Å². The van der Waals surface area contributed by atoms with Gasteiger partial charge < -0.3 is 10.7 Å². The van der Waals surface area contributed by atoms with E-state index in [1.54, 1.807) is 12.3 Å². The summed E-state index contributed by atoms with van der Waals surface area (Å²) in [5, 5.41) is 1.12. The van der Waals surface area contributed by atoms with Crippen molar-refractivity contribution < 1.29 is 4.79 Å². The van der Waals surface area contributed by atoms with E-state index in [0.29, 0.717) is 5.56 Å². The van der Waals surface area contributed by atoms with Gasteiger partial charge in [0.2, 0.25) is 0 Å². The molecular formula is C21H17N3O. The van der Waals surface area contributed by atoms with Crippen LogP contribution in [0.25, 0.3) is 33.3 Å². The summed E-state index contributed by atoms with van der Waals surface area (Å²) < 4.78 is 0. The van der Waals surface area contributed by atoms with Crippen molar-refractivity contribution in [3.05, 3.63) is 78.1 Å². The van der Waals surface area contributed by atoms with E-state index in [0.717, 1.165) is 39.0 Å². The average molecular weight is 327 g/mol. The molecule has 0 radical (unpaired) electrons. The quantitative estimate of drug-likeness (QED) is 0.589. The second-order valence-corrected chi connectivity index (χ2v) is 6.07. The number of benzene rings is 2. The second-order valence-electron chi connectivity index (χ2n) is 6.07. The van der Waals surface area contributed by atoms with E-state index >= 15 is 0 Å². The van der Waals surface area contributed by atoms with Gasteiger partial charge in [0.1, 0.15) is 0 Å². The van der Waals surface area contributed by atoms with Gasteiger partial charge in [-0.3, -0.25) is 9.78 Å². The number of carbonyl (C=O) groups is 1. The number of primary amides is 1. The largest absolute Gasteiger partial charge is 0.366 e. The molecule has 25 heavy (non-hydrogen) atoms. The summed E-state index contributed by atoms with van der Waals surface area (Å²) in [6.07, 6.45) is 1.80. The lowest BCUT2D eigenvalue weighted by molar-refractivity contribution is 0.1000. The number of nitrogens with two attached hydrogens (primary N) is 1. The minimum absolute atomic E-state index is 0.415. The monoisotopic (exact) mass is 327 g/mol. The molecule has 0 fully saturated rings. The molecule has 2 aromatic carbocycles. The molecule has 4 heteroatoms. The average Bonchev–Trinajstić information content (AvgIpc) is 3.03. The van der Waals surface area contributed by atoms with E-state index < -0.39 is 5.91 Å². The van der Waals surface area contributed by atoms with Gasteiger partial charge in [-0.25, -0.2) is 0 Å². The molecule has 0 unspecified atom stereocenters. The minimum atomic E-state index is -0.415. The van der Waals surface area contributed by atoms with Crippen molar-refractivity contribution >= 4 is 16.8 Å². The van der Waals surface area contributed by atoms with Crippen LogP contribution in [0.1, 0.15) is 16.1 Å². The van der Waals surface area contributed by atoms with Crippen molar-refractivity contribution in [2.45, 2.75) is 6.92 Å². The summed E-state index contributed by atoms with van der Waals surface area (Å²) >= 11 is 0. The molecule has 3 N–H and O–H groups in total. The number of pyridine rings is 1. The highest BCUT2D eigenvalue weighted by Crippen LogP contribution is 2.27. The molecule has 0 saturated carbocycles. The van der Waals surface area contributed by atoms with Gasteiger partial charge in [-0.15, -0.1) is 0 Å².